The minimum atomic E-state index is -3.37. The van der Waals surface area contributed by atoms with Crippen LogP contribution in [0.5, 0.6) is 0 Å². The van der Waals surface area contributed by atoms with Crippen molar-refractivity contribution in [2.45, 2.75) is 29.4 Å². The third-order valence-corrected chi connectivity index (χ3v) is 7.59. The van der Waals surface area contributed by atoms with Gasteiger partial charge in [-0.25, -0.2) is 8.42 Å². The molecule has 1 aliphatic heterocycles. The summed E-state index contributed by atoms with van der Waals surface area (Å²) >= 11 is 1.24. The lowest BCUT2D eigenvalue weighted by molar-refractivity contribution is -0.136. The molecule has 0 atom stereocenters. The molecule has 1 fully saturated rings. The van der Waals surface area contributed by atoms with Crippen molar-refractivity contribution in [1.82, 2.24) is 4.31 Å². The lowest BCUT2D eigenvalue weighted by Crippen LogP contribution is -2.37. The molecule has 0 spiro atoms. The lowest BCUT2D eigenvalue weighted by Gasteiger charge is -2.31. The van der Waals surface area contributed by atoms with Crippen LogP contribution in [0.1, 0.15) is 29.9 Å². The van der Waals surface area contributed by atoms with Crippen molar-refractivity contribution in [1.29, 1.82) is 0 Å². The molecule has 7 heteroatoms. The summed E-state index contributed by atoms with van der Waals surface area (Å²) in [5.41, 5.74) is 1.88. The van der Waals surface area contributed by atoms with Crippen LogP contribution < -0.4 is 0 Å². The van der Waals surface area contributed by atoms with Crippen LogP contribution in [0.2, 0.25) is 0 Å². The van der Waals surface area contributed by atoms with Crippen molar-refractivity contribution in [3.05, 3.63) is 52.9 Å². The second-order valence-electron chi connectivity index (χ2n) is 5.93. The maximum absolute atomic E-state index is 12.5. The number of benzene rings is 1. The van der Waals surface area contributed by atoms with E-state index in [1.807, 2.05) is 24.3 Å². The smallest absolute Gasteiger partial charge is 0.307 e. The first-order valence-corrected chi connectivity index (χ1v) is 10.1. The van der Waals surface area contributed by atoms with Crippen molar-refractivity contribution in [2.75, 3.05) is 13.1 Å². The Hall–Kier alpha value is -1.70. The topological polar surface area (TPSA) is 74.7 Å². The van der Waals surface area contributed by atoms with Crippen LogP contribution in [0.3, 0.4) is 0 Å². The Morgan fingerprint density at radius 3 is 2.58 bits per heavy atom. The molecule has 0 bridgehead atoms. The Kier molecular flexibility index (Phi) is 5.03. The Morgan fingerprint density at radius 1 is 1.21 bits per heavy atom. The summed E-state index contributed by atoms with van der Waals surface area (Å²) in [5.74, 6) is -0.572. The molecule has 0 aliphatic carbocycles. The highest BCUT2D eigenvalue weighted by Gasteiger charge is 2.30. The Balaban J connectivity index is 1.68. The number of carboxylic acids is 1. The zero-order chi connectivity index (χ0) is 17.2. The minimum absolute atomic E-state index is 0.0133. The molecule has 0 radical (unpaired) electrons. The molecule has 1 aliphatic rings. The van der Waals surface area contributed by atoms with Crippen LogP contribution >= 0.6 is 11.3 Å². The van der Waals surface area contributed by atoms with Gasteiger partial charge >= 0.3 is 5.97 Å². The maximum Gasteiger partial charge on any atom is 0.307 e. The van der Waals surface area contributed by atoms with Gasteiger partial charge in [-0.3, -0.25) is 4.79 Å². The van der Waals surface area contributed by atoms with Crippen molar-refractivity contribution in [2.24, 2.45) is 0 Å². The van der Waals surface area contributed by atoms with Crippen molar-refractivity contribution < 1.29 is 18.3 Å². The molecule has 1 N–H and O–H groups in total. The summed E-state index contributed by atoms with van der Waals surface area (Å²) < 4.78 is 27.0. The van der Waals surface area contributed by atoms with Crippen LogP contribution in [-0.4, -0.2) is 36.9 Å². The number of hydrogen-bond acceptors (Lipinski definition) is 4. The average molecular weight is 365 g/mol. The summed E-state index contributed by atoms with van der Waals surface area (Å²) in [5, 5.41) is 10.7. The molecular weight excluding hydrogens is 346 g/mol. The van der Waals surface area contributed by atoms with Crippen LogP contribution in [0, 0.1) is 0 Å². The van der Waals surface area contributed by atoms with Gasteiger partial charge in [0.25, 0.3) is 10.0 Å². The van der Waals surface area contributed by atoms with Crippen LogP contribution in [0.25, 0.3) is 0 Å². The largest absolute Gasteiger partial charge is 0.481 e. The molecule has 1 aromatic heterocycles. The normalized spacial score (nSPS) is 17.0. The second-order valence-corrected chi connectivity index (χ2v) is 9.04. The first-order chi connectivity index (χ1) is 11.5. The molecule has 0 unspecified atom stereocenters. The van der Waals surface area contributed by atoms with E-state index in [0.717, 1.165) is 24.0 Å². The van der Waals surface area contributed by atoms with E-state index in [0.29, 0.717) is 17.3 Å². The van der Waals surface area contributed by atoms with Crippen LogP contribution in [0.4, 0.5) is 0 Å². The van der Waals surface area contributed by atoms with Gasteiger partial charge in [0.2, 0.25) is 0 Å². The standard InChI is InChI=1S/C17H19NO4S2/c19-16(20)12-13-3-1-4-15(11-13)14-6-8-18(9-7-14)24(21,22)17-5-2-10-23-17/h1-5,10-11,14H,6-9,12H2,(H,19,20). The number of hydrogen-bond donors (Lipinski definition) is 1. The van der Waals surface area contributed by atoms with Gasteiger partial charge in [-0.05, 0) is 41.3 Å². The van der Waals surface area contributed by atoms with Crippen LogP contribution in [-0.2, 0) is 21.2 Å². The van der Waals surface area contributed by atoms with Crippen molar-refractivity contribution in [3.8, 4) is 0 Å². The molecule has 2 heterocycles. The first kappa shape index (κ1) is 17.1. The SMILES string of the molecule is O=C(O)Cc1cccc(C2CCN(S(=O)(=O)c3cccs3)CC2)c1. The quantitative estimate of drug-likeness (QED) is 0.884. The van der Waals surface area contributed by atoms with E-state index in [4.69, 9.17) is 5.11 Å². The molecule has 24 heavy (non-hydrogen) atoms. The van der Waals surface area contributed by atoms with Gasteiger partial charge in [0.05, 0.1) is 6.42 Å². The number of rotatable bonds is 5. The van der Waals surface area contributed by atoms with Crippen LogP contribution in [0.15, 0.2) is 46.0 Å². The zero-order valence-corrected chi connectivity index (χ0v) is 14.7. The van der Waals surface area contributed by atoms with Gasteiger partial charge in [-0.2, -0.15) is 4.31 Å². The van der Waals surface area contributed by atoms with Gasteiger partial charge < -0.3 is 5.11 Å². The first-order valence-electron chi connectivity index (χ1n) is 7.81. The average Bonchev–Trinajstić information content (AvgIpc) is 3.10. The molecule has 0 saturated carbocycles. The third kappa shape index (κ3) is 3.68. The number of carbonyl (C=O) groups is 1. The highest BCUT2D eigenvalue weighted by atomic mass is 32.2. The summed E-state index contributed by atoms with van der Waals surface area (Å²) in [4.78, 5) is 10.8. The molecule has 1 aromatic carbocycles. The monoisotopic (exact) mass is 365 g/mol. The Labute approximate surface area is 145 Å². The van der Waals surface area contributed by atoms with E-state index in [9.17, 15) is 13.2 Å². The molecule has 3 rings (SSSR count). The molecular formula is C17H19NO4S2. The second kappa shape index (κ2) is 7.04. The summed E-state index contributed by atoms with van der Waals surface area (Å²) in [7, 11) is -3.37. The predicted octanol–water partition coefficient (Wildman–Crippen LogP) is 2.94. The number of carboxylic acid groups (broad SMARTS) is 1. The molecule has 1 saturated heterocycles. The van der Waals surface area contributed by atoms with Gasteiger partial charge in [-0.15, -0.1) is 11.3 Å². The summed E-state index contributed by atoms with van der Waals surface area (Å²) in [6.07, 6.45) is 1.52. The lowest BCUT2D eigenvalue weighted by atomic mass is 9.89. The highest BCUT2D eigenvalue weighted by molar-refractivity contribution is 7.91. The number of nitrogens with zero attached hydrogens (tertiary/aromatic N) is 1. The van der Waals surface area contributed by atoms with E-state index in [2.05, 4.69) is 0 Å². The van der Waals surface area contributed by atoms with E-state index in [-0.39, 0.29) is 12.3 Å². The third-order valence-electron chi connectivity index (χ3n) is 4.32. The molecule has 0 amide bonds. The van der Waals surface area contributed by atoms with E-state index in [1.165, 1.54) is 11.3 Å². The minimum Gasteiger partial charge on any atom is -0.481 e. The van der Waals surface area contributed by atoms with Gasteiger partial charge in [0.15, 0.2) is 0 Å². The van der Waals surface area contributed by atoms with E-state index >= 15 is 0 Å². The predicted molar refractivity (Wildman–Crippen MR) is 92.8 cm³/mol. The summed E-state index contributed by atoms with van der Waals surface area (Å²) in [6, 6.07) is 11.0. The molecule has 5 nitrogen and oxygen atoms in total. The van der Waals surface area contributed by atoms with Gasteiger partial charge in [-0.1, -0.05) is 30.3 Å². The zero-order valence-electron chi connectivity index (χ0n) is 13.1. The number of sulfonamides is 1. The highest BCUT2D eigenvalue weighted by Crippen LogP contribution is 2.32. The number of aliphatic carboxylic acids is 1. The van der Waals surface area contributed by atoms with E-state index < -0.39 is 16.0 Å². The molecule has 2 aromatic rings. The Bertz CT molecular complexity index is 807. The fourth-order valence-corrected chi connectivity index (χ4v) is 5.71. The maximum atomic E-state index is 12.5. The van der Waals surface area contributed by atoms with E-state index in [1.54, 1.807) is 21.8 Å². The molecule has 128 valence electrons. The van der Waals surface area contributed by atoms with Gasteiger partial charge in [0, 0.05) is 13.1 Å². The number of piperidine rings is 1. The van der Waals surface area contributed by atoms with Crippen molar-refractivity contribution in [3.63, 3.8) is 0 Å². The van der Waals surface area contributed by atoms with Gasteiger partial charge in [0.1, 0.15) is 4.21 Å². The fraction of sp³-hybridized carbons (Fsp3) is 0.353. The number of thiophene rings is 1. The Morgan fingerprint density at radius 2 is 1.96 bits per heavy atom. The van der Waals surface area contributed by atoms with Crippen molar-refractivity contribution >= 4 is 27.3 Å². The fourth-order valence-electron chi connectivity index (χ4n) is 3.10. The summed E-state index contributed by atoms with van der Waals surface area (Å²) in [6.45, 7) is 0.988.